The van der Waals surface area contributed by atoms with Crippen molar-refractivity contribution in [1.29, 1.82) is 0 Å². The third-order valence-electron chi connectivity index (χ3n) is 3.45. The Bertz CT molecular complexity index is 628. The van der Waals surface area contributed by atoms with Crippen LogP contribution in [0.2, 0.25) is 0 Å². The predicted octanol–water partition coefficient (Wildman–Crippen LogP) is 3.00. The van der Waals surface area contributed by atoms with E-state index in [4.69, 9.17) is 5.73 Å². The van der Waals surface area contributed by atoms with Crippen LogP contribution >= 0.6 is 0 Å². The minimum Gasteiger partial charge on any atom is -0.398 e. The van der Waals surface area contributed by atoms with E-state index in [-0.39, 0.29) is 18.1 Å². The molecule has 110 valence electrons. The van der Waals surface area contributed by atoms with Gasteiger partial charge in [0, 0.05) is 18.8 Å². The number of nitrogens with two attached hydrogens (primary N) is 1. The second-order valence-electron chi connectivity index (χ2n) is 4.87. The molecule has 0 aromatic heterocycles. The van der Waals surface area contributed by atoms with Crippen molar-refractivity contribution in [2.45, 2.75) is 19.9 Å². The van der Waals surface area contributed by atoms with Crippen molar-refractivity contribution in [3.8, 4) is 0 Å². The third kappa shape index (κ3) is 3.81. The predicted molar refractivity (Wildman–Crippen MR) is 82.0 cm³/mol. The van der Waals surface area contributed by atoms with Gasteiger partial charge in [0.05, 0.1) is 6.42 Å². The lowest BCUT2D eigenvalue weighted by Crippen LogP contribution is -2.32. The highest BCUT2D eigenvalue weighted by Crippen LogP contribution is 2.15. The van der Waals surface area contributed by atoms with Crippen LogP contribution in [0.15, 0.2) is 48.5 Å². The molecule has 0 spiro atoms. The SMILES string of the molecule is CCN(Cc1ccccc1N)C(=O)Cc1ccccc1F. The summed E-state index contributed by atoms with van der Waals surface area (Å²) < 4.78 is 13.6. The number of para-hydroxylation sites is 1. The van der Waals surface area contributed by atoms with Gasteiger partial charge in [-0.15, -0.1) is 0 Å². The normalized spacial score (nSPS) is 10.4. The highest BCUT2D eigenvalue weighted by atomic mass is 19.1. The number of rotatable bonds is 5. The van der Waals surface area contributed by atoms with E-state index in [9.17, 15) is 9.18 Å². The second-order valence-corrected chi connectivity index (χ2v) is 4.87. The monoisotopic (exact) mass is 286 g/mol. The van der Waals surface area contributed by atoms with Crippen molar-refractivity contribution < 1.29 is 9.18 Å². The van der Waals surface area contributed by atoms with Gasteiger partial charge in [0.2, 0.25) is 5.91 Å². The minimum absolute atomic E-state index is 0.0627. The van der Waals surface area contributed by atoms with Crippen molar-refractivity contribution in [3.63, 3.8) is 0 Å². The molecular weight excluding hydrogens is 267 g/mol. The van der Waals surface area contributed by atoms with E-state index in [1.807, 2.05) is 31.2 Å². The van der Waals surface area contributed by atoms with Gasteiger partial charge in [0.1, 0.15) is 5.82 Å². The Kier molecular flexibility index (Phi) is 4.93. The number of hydrogen-bond acceptors (Lipinski definition) is 2. The summed E-state index contributed by atoms with van der Waals surface area (Å²) in [6, 6.07) is 13.8. The van der Waals surface area contributed by atoms with Crippen LogP contribution in [0, 0.1) is 5.82 Å². The molecule has 0 bridgehead atoms. The summed E-state index contributed by atoms with van der Waals surface area (Å²) in [5.74, 6) is -0.452. The van der Waals surface area contributed by atoms with Gasteiger partial charge < -0.3 is 10.6 Å². The Labute approximate surface area is 124 Å². The number of benzene rings is 2. The van der Waals surface area contributed by atoms with E-state index < -0.39 is 0 Å². The molecule has 0 atom stereocenters. The number of carbonyl (C=O) groups is 1. The number of hydrogen-bond donors (Lipinski definition) is 1. The van der Waals surface area contributed by atoms with Crippen LogP contribution < -0.4 is 5.73 Å². The Morgan fingerprint density at radius 1 is 1.10 bits per heavy atom. The summed E-state index contributed by atoms with van der Waals surface area (Å²) >= 11 is 0. The van der Waals surface area contributed by atoms with Crippen LogP contribution in [-0.2, 0) is 17.8 Å². The highest BCUT2D eigenvalue weighted by molar-refractivity contribution is 5.79. The largest absolute Gasteiger partial charge is 0.398 e. The molecule has 0 saturated carbocycles. The van der Waals surface area contributed by atoms with Crippen LogP contribution in [0.4, 0.5) is 10.1 Å². The lowest BCUT2D eigenvalue weighted by molar-refractivity contribution is -0.130. The lowest BCUT2D eigenvalue weighted by Gasteiger charge is -2.22. The van der Waals surface area contributed by atoms with E-state index in [2.05, 4.69) is 0 Å². The maximum Gasteiger partial charge on any atom is 0.227 e. The first-order chi connectivity index (χ1) is 10.1. The summed E-state index contributed by atoms with van der Waals surface area (Å²) in [5.41, 5.74) is 7.89. The summed E-state index contributed by atoms with van der Waals surface area (Å²) in [6.07, 6.45) is 0.0627. The summed E-state index contributed by atoms with van der Waals surface area (Å²) in [7, 11) is 0. The Morgan fingerprint density at radius 3 is 2.33 bits per heavy atom. The number of halogens is 1. The molecule has 2 N–H and O–H groups in total. The van der Waals surface area contributed by atoms with E-state index in [0.29, 0.717) is 24.3 Å². The van der Waals surface area contributed by atoms with Crippen molar-refractivity contribution >= 4 is 11.6 Å². The molecule has 0 aliphatic rings. The second kappa shape index (κ2) is 6.88. The molecular formula is C17H19FN2O. The summed E-state index contributed by atoms with van der Waals surface area (Å²) in [6.45, 7) is 2.90. The van der Waals surface area contributed by atoms with E-state index in [1.54, 1.807) is 23.1 Å². The molecule has 0 heterocycles. The maximum absolute atomic E-state index is 13.6. The quantitative estimate of drug-likeness (QED) is 0.859. The molecule has 0 saturated heterocycles. The number of amides is 1. The first kappa shape index (κ1) is 15.0. The smallest absolute Gasteiger partial charge is 0.227 e. The third-order valence-corrected chi connectivity index (χ3v) is 3.45. The van der Waals surface area contributed by atoms with E-state index >= 15 is 0 Å². The molecule has 3 nitrogen and oxygen atoms in total. The Hall–Kier alpha value is -2.36. The Balaban J connectivity index is 2.09. The summed E-state index contributed by atoms with van der Waals surface area (Å²) in [4.78, 5) is 14.0. The van der Waals surface area contributed by atoms with Gasteiger partial charge in [0.25, 0.3) is 0 Å². The highest BCUT2D eigenvalue weighted by Gasteiger charge is 2.15. The van der Waals surface area contributed by atoms with Gasteiger partial charge in [-0.25, -0.2) is 4.39 Å². The van der Waals surface area contributed by atoms with Crippen LogP contribution in [0.3, 0.4) is 0 Å². The average Bonchev–Trinajstić information content (AvgIpc) is 2.48. The molecule has 0 aliphatic carbocycles. The van der Waals surface area contributed by atoms with Gasteiger partial charge in [-0.2, -0.15) is 0 Å². The molecule has 0 fully saturated rings. The van der Waals surface area contributed by atoms with Crippen LogP contribution in [0.1, 0.15) is 18.1 Å². The van der Waals surface area contributed by atoms with E-state index in [1.165, 1.54) is 6.07 Å². The zero-order valence-corrected chi connectivity index (χ0v) is 12.1. The number of likely N-dealkylation sites (N-methyl/N-ethyl adjacent to an activating group) is 1. The van der Waals surface area contributed by atoms with E-state index in [0.717, 1.165) is 5.56 Å². The van der Waals surface area contributed by atoms with Crippen LogP contribution in [0.25, 0.3) is 0 Å². The molecule has 0 aliphatic heterocycles. The van der Waals surface area contributed by atoms with Crippen LogP contribution in [-0.4, -0.2) is 17.4 Å². The Morgan fingerprint density at radius 2 is 1.71 bits per heavy atom. The molecule has 0 unspecified atom stereocenters. The minimum atomic E-state index is -0.346. The molecule has 0 radical (unpaired) electrons. The summed E-state index contributed by atoms with van der Waals surface area (Å²) in [5, 5.41) is 0. The lowest BCUT2D eigenvalue weighted by atomic mass is 10.1. The molecule has 21 heavy (non-hydrogen) atoms. The molecule has 2 aromatic rings. The number of nitrogen functional groups attached to an aromatic ring is 1. The number of nitrogens with zero attached hydrogens (tertiary/aromatic N) is 1. The van der Waals surface area contributed by atoms with Crippen LogP contribution in [0.5, 0.6) is 0 Å². The van der Waals surface area contributed by atoms with Crippen molar-refractivity contribution in [1.82, 2.24) is 4.90 Å². The maximum atomic E-state index is 13.6. The molecule has 4 heteroatoms. The van der Waals surface area contributed by atoms with Crippen molar-refractivity contribution in [2.75, 3.05) is 12.3 Å². The van der Waals surface area contributed by atoms with Crippen molar-refractivity contribution in [2.24, 2.45) is 0 Å². The van der Waals surface area contributed by atoms with Gasteiger partial charge in [-0.1, -0.05) is 36.4 Å². The average molecular weight is 286 g/mol. The fraction of sp³-hybridized carbons (Fsp3) is 0.235. The fourth-order valence-electron chi connectivity index (χ4n) is 2.18. The van der Waals surface area contributed by atoms with Crippen molar-refractivity contribution in [3.05, 3.63) is 65.5 Å². The molecule has 2 aromatic carbocycles. The molecule has 2 rings (SSSR count). The first-order valence-corrected chi connectivity index (χ1v) is 6.96. The molecule has 1 amide bonds. The van der Waals surface area contributed by atoms with Gasteiger partial charge in [-0.05, 0) is 30.2 Å². The number of carbonyl (C=O) groups excluding carboxylic acids is 1. The number of anilines is 1. The zero-order chi connectivity index (χ0) is 15.2. The first-order valence-electron chi connectivity index (χ1n) is 6.96. The fourth-order valence-corrected chi connectivity index (χ4v) is 2.18. The zero-order valence-electron chi connectivity index (χ0n) is 12.1. The topological polar surface area (TPSA) is 46.3 Å². The van der Waals surface area contributed by atoms with Gasteiger partial charge in [-0.3, -0.25) is 4.79 Å². The van der Waals surface area contributed by atoms with Gasteiger partial charge >= 0.3 is 0 Å². The standard InChI is InChI=1S/C17H19FN2O/c1-2-20(12-14-8-4-6-10-16(14)19)17(21)11-13-7-3-5-9-15(13)18/h3-10H,2,11-12,19H2,1H3. The van der Waals surface area contributed by atoms with Gasteiger partial charge in [0.15, 0.2) is 0 Å².